The molecule has 0 radical (unpaired) electrons. The Morgan fingerprint density at radius 1 is 0.875 bits per heavy atom. The molecule has 8 heavy (non-hydrogen) atoms. The van der Waals surface area contributed by atoms with Gasteiger partial charge < -0.3 is 1.43 Å². The summed E-state index contributed by atoms with van der Waals surface area (Å²) < 4.78 is 0. The molecule has 0 aromatic heterocycles. The molecule has 1 heteroatoms. The van der Waals surface area contributed by atoms with Crippen LogP contribution in [0.5, 0.6) is 0 Å². The van der Waals surface area contributed by atoms with Crippen LogP contribution in [0.2, 0.25) is 0 Å². The standard InChI is InChI=1S/C7H16.Na.H/c1-3-5-7-6-4-2;;/h3-7H2,1-2H3;;/q;+1;-1. The van der Waals surface area contributed by atoms with Gasteiger partial charge in [0.25, 0.3) is 0 Å². The first-order chi connectivity index (χ1) is 3.41. The van der Waals surface area contributed by atoms with Gasteiger partial charge in [0.2, 0.25) is 0 Å². The van der Waals surface area contributed by atoms with Crippen molar-refractivity contribution in [3.05, 3.63) is 0 Å². The summed E-state index contributed by atoms with van der Waals surface area (Å²) in [5, 5.41) is 0. The van der Waals surface area contributed by atoms with E-state index < -0.39 is 0 Å². The molecule has 0 aliphatic rings. The van der Waals surface area contributed by atoms with Crippen molar-refractivity contribution in [1.29, 1.82) is 0 Å². The Balaban J connectivity index is -0.000000180. The Labute approximate surface area is 76.8 Å². The van der Waals surface area contributed by atoms with Gasteiger partial charge in [-0.05, 0) is 0 Å². The largest absolute Gasteiger partial charge is 1.00 e. The fraction of sp³-hybridized carbons (Fsp3) is 1.00. The van der Waals surface area contributed by atoms with E-state index in [1.54, 1.807) is 0 Å². The topological polar surface area (TPSA) is 0 Å². The SMILES string of the molecule is CCCCCCC.[H-].[Na+]. The Kier molecular flexibility index (Phi) is 16.0. The summed E-state index contributed by atoms with van der Waals surface area (Å²) in [7, 11) is 0. The van der Waals surface area contributed by atoms with Crippen LogP contribution in [0.1, 0.15) is 47.4 Å². The van der Waals surface area contributed by atoms with Crippen LogP contribution in [0.15, 0.2) is 0 Å². The molecular formula is C7H17Na. The van der Waals surface area contributed by atoms with Crippen molar-refractivity contribution in [2.45, 2.75) is 46.0 Å². The fourth-order valence-electron chi connectivity index (χ4n) is 0.677. The Morgan fingerprint density at radius 3 is 1.50 bits per heavy atom. The summed E-state index contributed by atoms with van der Waals surface area (Å²) in [6.45, 7) is 4.49. The van der Waals surface area contributed by atoms with E-state index in [0.29, 0.717) is 0 Å². The van der Waals surface area contributed by atoms with Crippen molar-refractivity contribution >= 4 is 0 Å². The van der Waals surface area contributed by atoms with Gasteiger partial charge in [-0.2, -0.15) is 0 Å². The molecule has 0 saturated carbocycles. The van der Waals surface area contributed by atoms with Crippen molar-refractivity contribution in [3.63, 3.8) is 0 Å². The number of hydrogen-bond acceptors (Lipinski definition) is 0. The Morgan fingerprint density at radius 2 is 1.25 bits per heavy atom. The predicted molar refractivity (Wildman–Crippen MR) is 35.5 cm³/mol. The van der Waals surface area contributed by atoms with Crippen LogP contribution < -0.4 is 29.6 Å². The van der Waals surface area contributed by atoms with Crippen molar-refractivity contribution in [2.24, 2.45) is 0 Å². The first kappa shape index (κ1) is 11.8. The second kappa shape index (κ2) is 10.9. The first-order valence-electron chi connectivity index (χ1n) is 3.41. The molecule has 0 spiro atoms. The van der Waals surface area contributed by atoms with Gasteiger partial charge in [-0.3, -0.25) is 0 Å². The second-order valence-corrected chi connectivity index (χ2v) is 2.06. The van der Waals surface area contributed by atoms with Crippen LogP contribution in [-0.2, 0) is 0 Å². The van der Waals surface area contributed by atoms with Crippen LogP contribution in [0.25, 0.3) is 0 Å². The molecule has 0 saturated heterocycles. The molecule has 0 aromatic carbocycles. The van der Waals surface area contributed by atoms with Gasteiger partial charge in [-0.1, -0.05) is 46.0 Å². The van der Waals surface area contributed by atoms with Crippen molar-refractivity contribution in [1.82, 2.24) is 0 Å². The molecule has 0 atom stereocenters. The van der Waals surface area contributed by atoms with E-state index in [9.17, 15) is 0 Å². The number of rotatable bonds is 4. The summed E-state index contributed by atoms with van der Waals surface area (Å²) in [5.41, 5.74) is 0. The Bertz CT molecular complexity index is 28.1. The van der Waals surface area contributed by atoms with Crippen molar-refractivity contribution in [3.8, 4) is 0 Å². The van der Waals surface area contributed by atoms with Gasteiger partial charge >= 0.3 is 29.6 Å². The zero-order chi connectivity index (χ0) is 5.54. The van der Waals surface area contributed by atoms with Crippen LogP contribution in [0, 0.1) is 0 Å². The van der Waals surface area contributed by atoms with E-state index in [-0.39, 0.29) is 31.0 Å². The minimum atomic E-state index is 0. The number of hydrogen-bond donors (Lipinski definition) is 0. The predicted octanol–water partition coefficient (Wildman–Crippen LogP) is 0.0932. The van der Waals surface area contributed by atoms with Crippen LogP contribution in [0.3, 0.4) is 0 Å². The molecular weight excluding hydrogens is 107 g/mol. The quantitative estimate of drug-likeness (QED) is 0.368. The average Bonchev–Trinajstić information content (AvgIpc) is 1.69. The fourth-order valence-corrected chi connectivity index (χ4v) is 0.677. The monoisotopic (exact) mass is 124 g/mol. The molecule has 0 amide bonds. The van der Waals surface area contributed by atoms with Crippen LogP contribution in [-0.4, -0.2) is 0 Å². The molecule has 0 fully saturated rings. The van der Waals surface area contributed by atoms with Gasteiger partial charge in [0, 0.05) is 0 Å². The van der Waals surface area contributed by atoms with Crippen LogP contribution >= 0.6 is 0 Å². The van der Waals surface area contributed by atoms with E-state index in [4.69, 9.17) is 0 Å². The molecule has 0 heterocycles. The molecule has 0 aliphatic heterocycles. The average molecular weight is 124 g/mol. The molecule has 0 aromatic rings. The summed E-state index contributed by atoms with van der Waals surface area (Å²) in [6.07, 6.45) is 7.01. The third-order valence-corrected chi connectivity index (χ3v) is 1.21. The normalized spacial score (nSPS) is 8.25. The van der Waals surface area contributed by atoms with Crippen molar-refractivity contribution < 1.29 is 31.0 Å². The van der Waals surface area contributed by atoms with Gasteiger partial charge in [0.1, 0.15) is 0 Å². The molecule has 0 unspecified atom stereocenters. The second-order valence-electron chi connectivity index (χ2n) is 2.06. The zero-order valence-corrected chi connectivity index (χ0v) is 8.54. The summed E-state index contributed by atoms with van der Waals surface area (Å²) in [4.78, 5) is 0. The maximum atomic E-state index is 2.25. The molecule has 0 N–H and O–H groups in total. The number of unbranched alkanes of at least 4 members (excludes halogenated alkanes) is 4. The summed E-state index contributed by atoms with van der Waals surface area (Å²) in [6, 6.07) is 0. The molecule has 0 nitrogen and oxygen atoms in total. The van der Waals surface area contributed by atoms with Gasteiger partial charge in [0.05, 0.1) is 0 Å². The summed E-state index contributed by atoms with van der Waals surface area (Å²) >= 11 is 0. The minimum Gasteiger partial charge on any atom is -1.00 e. The van der Waals surface area contributed by atoms with E-state index >= 15 is 0 Å². The first-order valence-corrected chi connectivity index (χ1v) is 3.41. The maximum Gasteiger partial charge on any atom is 1.00 e. The zero-order valence-electron chi connectivity index (χ0n) is 7.54. The van der Waals surface area contributed by atoms with E-state index in [1.165, 1.54) is 32.1 Å². The van der Waals surface area contributed by atoms with E-state index in [1.807, 2.05) is 0 Å². The smallest absolute Gasteiger partial charge is 1.00 e. The van der Waals surface area contributed by atoms with Crippen molar-refractivity contribution in [2.75, 3.05) is 0 Å². The van der Waals surface area contributed by atoms with Gasteiger partial charge in [-0.25, -0.2) is 0 Å². The van der Waals surface area contributed by atoms with Crippen LogP contribution in [0.4, 0.5) is 0 Å². The Hall–Kier alpha value is 1.00. The maximum absolute atomic E-state index is 2.25. The molecule has 0 rings (SSSR count). The van der Waals surface area contributed by atoms with E-state index in [0.717, 1.165) is 0 Å². The van der Waals surface area contributed by atoms with E-state index in [2.05, 4.69) is 13.8 Å². The van der Waals surface area contributed by atoms with Gasteiger partial charge in [0.15, 0.2) is 0 Å². The minimum absolute atomic E-state index is 0. The third kappa shape index (κ3) is 10.1. The van der Waals surface area contributed by atoms with Gasteiger partial charge in [-0.15, -0.1) is 0 Å². The summed E-state index contributed by atoms with van der Waals surface area (Å²) in [5.74, 6) is 0. The molecule has 0 aliphatic carbocycles. The molecule has 46 valence electrons. The molecule has 0 bridgehead atoms. The third-order valence-electron chi connectivity index (χ3n) is 1.21.